The van der Waals surface area contributed by atoms with Gasteiger partial charge in [0.15, 0.2) is 0 Å². The monoisotopic (exact) mass is 477 g/mol. The van der Waals surface area contributed by atoms with E-state index in [9.17, 15) is 14.4 Å². The number of benzene rings is 2. The Labute approximate surface area is 205 Å². The van der Waals surface area contributed by atoms with Crippen LogP contribution in [0.25, 0.3) is 0 Å². The highest BCUT2D eigenvalue weighted by Gasteiger charge is 2.34. The summed E-state index contributed by atoms with van der Waals surface area (Å²) in [4.78, 5) is 41.7. The van der Waals surface area contributed by atoms with Gasteiger partial charge in [-0.2, -0.15) is 0 Å². The first kappa shape index (κ1) is 25.2. The van der Waals surface area contributed by atoms with Crippen LogP contribution < -0.4 is 15.5 Å². The topological polar surface area (TPSA) is 78.5 Å². The molecule has 7 heteroatoms. The normalized spacial score (nSPS) is 12.0. The molecule has 0 aliphatic rings. The number of hydrogen-bond acceptors (Lipinski definition) is 4. The summed E-state index contributed by atoms with van der Waals surface area (Å²) in [5.74, 6) is -1.00. The Balaban J connectivity index is 2.03. The van der Waals surface area contributed by atoms with E-state index >= 15 is 0 Å². The van der Waals surface area contributed by atoms with Crippen molar-refractivity contribution in [2.45, 2.75) is 46.2 Å². The van der Waals surface area contributed by atoms with E-state index in [1.807, 2.05) is 83.1 Å². The van der Waals surface area contributed by atoms with E-state index in [1.165, 1.54) is 16.2 Å². The van der Waals surface area contributed by atoms with E-state index in [1.54, 1.807) is 17.5 Å². The Morgan fingerprint density at radius 1 is 0.941 bits per heavy atom. The molecule has 178 valence electrons. The molecular weight excluding hydrogens is 446 g/mol. The van der Waals surface area contributed by atoms with Crippen molar-refractivity contribution in [3.8, 4) is 0 Å². The molecule has 6 nitrogen and oxygen atoms in total. The third kappa shape index (κ3) is 6.32. The van der Waals surface area contributed by atoms with Crippen molar-refractivity contribution in [1.82, 2.24) is 10.6 Å². The van der Waals surface area contributed by atoms with Crippen LogP contribution in [0.2, 0.25) is 0 Å². The molecule has 0 radical (unpaired) electrons. The van der Waals surface area contributed by atoms with E-state index in [2.05, 4.69) is 10.6 Å². The zero-order valence-electron chi connectivity index (χ0n) is 20.2. The molecule has 3 amide bonds. The molecule has 1 atom stereocenters. The van der Waals surface area contributed by atoms with Crippen LogP contribution in [0.1, 0.15) is 53.2 Å². The van der Waals surface area contributed by atoms with Gasteiger partial charge in [0, 0.05) is 11.2 Å². The van der Waals surface area contributed by atoms with Gasteiger partial charge in [0.1, 0.15) is 6.04 Å². The van der Waals surface area contributed by atoms with Crippen molar-refractivity contribution in [2.75, 3.05) is 11.4 Å². The number of nitrogens with one attached hydrogen (secondary N) is 2. The van der Waals surface area contributed by atoms with Crippen LogP contribution >= 0.6 is 11.3 Å². The number of hydrogen-bond donors (Lipinski definition) is 2. The molecule has 1 aromatic heterocycles. The smallest absolute Gasteiger partial charge is 0.261 e. The Kier molecular flexibility index (Phi) is 7.89. The first-order valence-corrected chi connectivity index (χ1v) is 12.0. The standard InChI is InChI=1S/C27H31N3O3S/c1-18-13-14-21(16-19(18)2)30(23(31)17-28-25(32)22-12-9-15-34-22)24(20-10-7-6-8-11-20)26(33)29-27(3,4)5/h6-16,24H,17H2,1-5H3,(H,28,32)(H,29,33). The molecule has 0 fully saturated rings. The molecule has 0 aliphatic heterocycles. The Hall–Kier alpha value is -3.45. The third-order valence-corrected chi connectivity index (χ3v) is 6.17. The first-order valence-electron chi connectivity index (χ1n) is 11.1. The summed E-state index contributed by atoms with van der Waals surface area (Å²) in [5, 5.41) is 7.53. The Morgan fingerprint density at radius 3 is 2.24 bits per heavy atom. The average molecular weight is 478 g/mol. The fraction of sp³-hybridized carbons (Fsp3) is 0.296. The minimum atomic E-state index is -0.909. The van der Waals surface area contributed by atoms with Crippen LogP contribution in [-0.4, -0.2) is 29.8 Å². The van der Waals surface area contributed by atoms with Gasteiger partial charge in [0.2, 0.25) is 11.8 Å². The van der Waals surface area contributed by atoms with Crippen molar-refractivity contribution in [3.05, 3.63) is 87.6 Å². The van der Waals surface area contributed by atoms with Crippen LogP contribution in [0.4, 0.5) is 5.69 Å². The predicted molar refractivity (Wildman–Crippen MR) is 137 cm³/mol. The highest BCUT2D eigenvalue weighted by atomic mass is 32.1. The first-order chi connectivity index (χ1) is 16.1. The summed E-state index contributed by atoms with van der Waals surface area (Å²) >= 11 is 1.30. The van der Waals surface area contributed by atoms with Crippen LogP contribution in [0.5, 0.6) is 0 Å². The second kappa shape index (κ2) is 10.7. The van der Waals surface area contributed by atoms with Gasteiger partial charge < -0.3 is 10.6 Å². The van der Waals surface area contributed by atoms with Crippen molar-refractivity contribution < 1.29 is 14.4 Å². The molecule has 2 N–H and O–H groups in total. The second-order valence-corrected chi connectivity index (χ2v) is 10.2. The number of anilines is 1. The minimum absolute atomic E-state index is 0.240. The number of amides is 3. The summed E-state index contributed by atoms with van der Waals surface area (Å²) in [6.45, 7) is 9.42. The Bertz CT molecular complexity index is 1150. The van der Waals surface area contributed by atoms with Gasteiger partial charge in [-0.05, 0) is 74.9 Å². The van der Waals surface area contributed by atoms with E-state index in [4.69, 9.17) is 0 Å². The van der Waals surface area contributed by atoms with E-state index in [0.717, 1.165) is 11.1 Å². The highest BCUT2D eigenvalue weighted by Crippen LogP contribution is 2.30. The lowest BCUT2D eigenvalue weighted by Crippen LogP contribution is -2.51. The molecule has 1 heterocycles. The molecule has 0 bridgehead atoms. The fourth-order valence-corrected chi connectivity index (χ4v) is 4.18. The third-order valence-electron chi connectivity index (χ3n) is 5.30. The molecule has 34 heavy (non-hydrogen) atoms. The SMILES string of the molecule is Cc1ccc(N(C(=O)CNC(=O)c2cccs2)C(C(=O)NC(C)(C)C)c2ccccc2)cc1C. The van der Waals surface area contributed by atoms with Gasteiger partial charge in [0.05, 0.1) is 11.4 Å². The summed E-state index contributed by atoms with van der Waals surface area (Å²) < 4.78 is 0. The molecule has 3 rings (SSSR count). The van der Waals surface area contributed by atoms with Gasteiger partial charge >= 0.3 is 0 Å². The van der Waals surface area contributed by atoms with E-state index < -0.39 is 11.6 Å². The maximum atomic E-state index is 13.6. The number of carbonyl (C=O) groups excluding carboxylic acids is 3. The quantitative estimate of drug-likeness (QED) is 0.514. The van der Waals surface area contributed by atoms with Gasteiger partial charge in [-0.1, -0.05) is 42.5 Å². The zero-order chi connectivity index (χ0) is 24.9. The molecule has 3 aromatic rings. The zero-order valence-corrected chi connectivity index (χ0v) is 21.0. The van der Waals surface area contributed by atoms with E-state index in [-0.39, 0.29) is 24.3 Å². The van der Waals surface area contributed by atoms with Gasteiger partial charge in [-0.3, -0.25) is 19.3 Å². The van der Waals surface area contributed by atoms with Crippen molar-refractivity contribution in [3.63, 3.8) is 0 Å². The predicted octanol–water partition coefficient (Wildman–Crippen LogP) is 4.78. The van der Waals surface area contributed by atoms with Crippen molar-refractivity contribution >= 4 is 34.7 Å². The average Bonchev–Trinajstić information content (AvgIpc) is 3.32. The summed E-state index contributed by atoms with van der Waals surface area (Å²) in [5.41, 5.74) is 2.87. The molecule has 2 aromatic carbocycles. The van der Waals surface area contributed by atoms with Crippen LogP contribution in [0, 0.1) is 13.8 Å². The molecule has 0 saturated carbocycles. The van der Waals surface area contributed by atoms with Crippen LogP contribution in [-0.2, 0) is 9.59 Å². The maximum absolute atomic E-state index is 13.6. The fourth-order valence-electron chi connectivity index (χ4n) is 3.54. The summed E-state index contributed by atoms with van der Waals surface area (Å²) in [6, 6.07) is 17.5. The molecular formula is C27H31N3O3S. The number of thiophene rings is 1. The lowest BCUT2D eigenvalue weighted by molar-refractivity contribution is -0.127. The largest absolute Gasteiger partial charge is 0.349 e. The molecule has 0 saturated heterocycles. The summed E-state index contributed by atoms with van der Waals surface area (Å²) in [6.07, 6.45) is 0. The lowest BCUT2D eigenvalue weighted by atomic mass is 10.00. The molecule has 1 unspecified atom stereocenters. The summed E-state index contributed by atoms with van der Waals surface area (Å²) in [7, 11) is 0. The highest BCUT2D eigenvalue weighted by molar-refractivity contribution is 7.12. The van der Waals surface area contributed by atoms with Crippen molar-refractivity contribution in [1.29, 1.82) is 0 Å². The second-order valence-electron chi connectivity index (χ2n) is 9.24. The number of carbonyl (C=O) groups is 3. The lowest BCUT2D eigenvalue weighted by Gasteiger charge is -2.34. The Morgan fingerprint density at radius 2 is 1.65 bits per heavy atom. The van der Waals surface area contributed by atoms with Crippen molar-refractivity contribution in [2.24, 2.45) is 0 Å². The van der Waals surface area contributed by atoms with Crippen LogP contribution in [0.15, 0.2) is 66.0 Å². The molecule has 0 spiro atoms. The van der Waals surface area contributed by atoms with Gasteiger partial charge in [-0.15, -0.1) is 11.3 Å². The van der Waals surface area contributed by atoms with Crippen LogP contribution in [0.3, 0.4) is 0 Å². The maximum Gasteiger partial charge on any atom is 0.261 e. The number of rotatable bonds is 7. The number of nitrogens with zero attached hydrogens (tertiary/aromatic N) is 1. The number of aryl methyl sites for hydroxylation is 2. The molecule has 0 aliphatic carbocycles. The van der Waals surface area contributed by atoms with Gasteiger partial charge in [-0.25, -0.2) is 0 Å². The van der Waals surface area contributed by atoms with E-state index in [0.29, 0.717) is 16.1 Å². The van der Waals surface area contributed by atoms with Gasteiger partial charge in [0.25, 0.3) is 5.91 Å². The minimum Gasteiger partial charge on any atom is -0.349 e.